The van der Waals surface area contributed by atoms with Gasteiger partial charge in [-0.25, -0.2) is 8.42 Å². The zero-order valence-corrected chi connectivity index (χ0v) is 12.6. The number of rotatable bonds is 5. The number of hydrogen-bond donors (Lipinski definition) is 1. The van der Waals surface area contributed by atoms with Crippen molar-refractivity contribution in [1.29, 1.82) is 0 Å². The van der Waals surface area contributed by atoms with Crippen LogP contribution in [0.4, 0.5) is 0 Å². The zero-order chi connectivity index (χ0) is 15.5. The summed E-state index contributed by atoms with van der Waals surface area (Å²) < 4.78 is 24.6. The van der Waals surface area contributed by atoms with E-state index in [0.29, 0.717) is 16.1 Å². The van der Waals surface area contributed by atoms with Crippen LogP contribution in [-0.2, 0) is 26.8 Å². The van der Waals surface area contributed by atoms with E-state index in [1.807, 2.05) is 0 Å². The maximum Gasteiger partial charge on any atom is 0.307 e. The Morgan fingerprint density at radius 2 is 1.71 bits per heavy atom. The summed E-state index contributed by atoms with van der Waals surface area (Å²) in [4.78, 5) is 10.8. The first-order valence-corrected chi connectivity index (χ1v) is 8.18. The number of halogens is 1. The molecule has 2 rings (SSSR count). The SMILES string of the molecule is O=C(O)Cc1ccc(S(=O)(=O)Cc2cccc(Cl)c2)cc1. The molecule has 1 N–H and O–H groups in total. The number of benzene rings is 2. The van der Waals surface area contributed by atoms with E-state index in [0.717, 1.165) is 0 Å². The molecule has 0 aromatic heterocycles. The summed E-state index contributed by atoms with van der Waals surface area (Å²) in [6.07, 6.45) is -0.130. The van der Waals surface area contributed by atoms with Gasteiger partial charge in [0, 0.05) is 5.02 Å². The number of sulfone groups is 1. The van der Waals surface area contributed by atoms with Crippen LogP contribution in [0.15, 0.2) is 53.4 Å². The minimum Gasteiger partial charge on any atom is -0.481 e. The smallest absolute Gasteiger partial charge is 0.307 e. The Bertz CT molecular complexity index is 751. The molecule has 0 heterocycles. The molecule has 4 nitrogen and oxygen atoms in total. The Balaban J connectivity index is 2.21. The average molecular weight is 325 g/mol. The van der Waals surface area contributed by atoms with Crippen molar-refractivity contribution in [1.82, 2.24) is 0 Å². The number of hydrogen-bond acceptors (Lipinski definition) is 3. The van der Waals surface area contributed by atoms with Crippen LogP contribution in [0.3, 0.4) is 0 Å². The number of aliphatic carboxylic acids is 1. The van der Waals surface area contributed by atoms with Gasteiger partial charge in [-0.2, -0.15) is 0 Å². The van der Waals surface area contributed by atoms with Crippen molar-refractivity contribution in [3.8, 4) is 0 Å². The van der Waals surface area contributed by atoms with Gasteiger partial charge in [-0.05, 0) is 35.4 Å². The van der Waals surface area contributed by atoms with E-state index in [-0.39, 0.29) is 17.1 Å². The van der Waals surface area contributed by atoms with Gasteiger partial charge in [0.1, 0.15) is 0 Å². The molecule has 0 aliphatic heterocycles. The highest BCUT2D eigenvalue weighted by atomic mass is 35.5. The molecular weight excluding hydrogens is 312 g/mol. The maximum absolute atomic E-state index is 12.3. The fraction of sp³-hybridized carbons (Fsp3) is 0.133. The van der Waals surface area contributed by atoms with Gasteiger partial charge in [-0.3, -0.25) is 4.79 Å². The number of carbonyl (C=O) groups is 1. The highest BCUT2D eigenvalue weighted by Gasteiger charge is 2.15. The van der Waals surface area contributed by atoms with Gasteiger partial charge in [0.05, 0.1) is 17.1 Å². The van der Waals surface area contributed by atoms with Crippen molar-refractivity contribution in [2.75, 3.05) is 0 Å². The minimum atomic E-state index is -3.48. The summed E-state index contributed by atoms with van der Waals surface area (Å²) >= 11 is 5.84. The summed E-state index contributed by atoms with van der Waals surface area (Å²) in [6.45, 7) is 0. The Morgan fingerprint density at radius 3 is 2.29 bits per heavy atom. The van der Waals surface area contributed by atoms with Gasteiger partial charge in [-0.15, -0.1) is 0 Å². The van der Waals surface area contributed by atoms with Gasteiger partial charge in [-0.1, -0.05) is 35.9 Å². The molecule has 0 saturated heterocycles. The molecule has 0 saturated carbocycles. The second kappa shape index (κ2) is 6.28. The summed E-state index contributed by atoms with van der Waals surface area (Å²) in [5, 5.41) is 9.17. The molecule has 0 bridgehead atoms. The van der Waals surface area contributed by atoms with Crippen molar-refractivity contribution >= 4 is 27.4 Å². The molecule has 110 valence electrons. The van der Waals surface area contributed by atoms with E-state index < -0.39 is 15.8 Å². The maximum atomic E-state index is 12.3. The Kier molecular flexibility index (Phi) is 4.65. The van der Waals surface area contributed by atoms with Crippen molar-refractivity contribution < 1.29 is 18.3 Å². The van der Waals surface area contributed by atoms with Gasteiger partial charge >= 0.3 is 5.97 Å². The van der Waals surface area contributed by atoms with Crippen LogP contribution in [-0.4, -0.2) is 19.5 Å². The number of carboxylic acid groups (broad SMARTS) is 1. The fourth-order valence-electron chi connectivity index (χ4n) is 1.92. The van der Waals surface area contributed by atoms with Crippen LogP contribution in [0, 0.1) is 0 Å². The van der Waals surface area contributed by atoms with Crippen molar-refractivity contribution in [2.45, 2.75) is 17.1 Å². The highest BCUT2D eigenvalue weighted by molar-refractivity contribution is 7.90. The predicted molar refractivity (Wildman–Crippen MR) is 80.1 cm³/mol. The molecule has 0 radical (unpaired) electrons. The minimum absolute atomic E-state index is 0.130. The van der Waals surface area contributed by atoms with Crippen molar-refractivity contribution in [3.63, 3.8) is 0 Å². The molecule has 2 aromatic carbocycles. The lowest BCUT2D eigenvalue weighted by molar-refractivity contribution is -0.136. The predicted octanol–water partition coefficient (Wildman–Crippen LogP) is 2.94. The van der Waals surface area contributed by atoms with Gasteiger partial charge in [0.15, 0.2) is 9.84 Å². The molecular formula is C15H13ClO4S. The lowest BCUT2D eigenvalue weighted by Gasteiger charge is -2.06. The third-order valence-electron chi connectivity index (χ3n) is 2.88. The Morgan fingerprint density at radius 1 is 1.05 bits per heavy atom. The molecule has 0 unspecified atom stereocenters. The quantitative estimate of drug-likeness (QED) is 0.918. The Hall–Kier alpha value is -1.85. The molecule has 0 spiro atoms. The topological polar surface area (TPSA) is 71.4 Å². The van der Waals surface area contributed by atoms with Crippen molar-refractivity contribution in [3.05, 3.63) is 64.7 Å². The third kappa shape index (κ3) is 4.31. The van der Waals surface area contributed by atoms with Crippen LogP contribution in [0.25, 0.3) is 0 Å². The molecule has 6 heteroatoms. The van der Waals surface area contributed by atoms with Gasteiger partial charge < -0.3 is 5.11 Å². The standard InChI is InChI=1S/C15H13ClO4S/c16-13-3-1-2-12(8-13)10-21(19,20)14-6-4-11(5-7-14)9-15(17)18/h1-8H,9-10H2,(H,17,18). The highest BCUT2D eigenvalue weighted by Crippen LogP contribution is 2.19. The molecule has 21 heavy (non-hydrogen) atoms. The van der Waals surface area contributed by atoms with E-state index in [1.165, 1.54) is 24.3 Å². The van der Waals surface area contributed by atoms with Gasteiger partial charge in [0.2, 0.25) is 0 Å². The lowest BCUT2D eigenvalue weighted by atomic mass is 10.2. The molecule has 0 amide bonds. The first kappa shape index (κ1) is 15.5. The van der Waals surface area contributed by atoms with Crippen LogP contribution < -0.4 is 0 Å². The Labute approximate surface area is 127 Å². The number of carboxylic acids is 1. The van der Waals surface area contributed by atoms with E-state index in [2.05, 4.69) is 0 Å². The molecule has 0 fully saturated rings. The summed E-state index contributed by atoms with van der Waals surface area (Å²) in [6, 6.07) is 12.6. The molecule has 0 atom stereocenters. The molecule has 0 aliphatic carbocycles. The monoisotopic (exact) mass is 324 g/mol. The average Bonchev–Trinajstić information content (AvgIpc) is 2.38. The normalized spacial score (nSPS) is 11.3. The molecule has 2 aromatic rings. The van der Waals surface area contributed by atoms with Crippen molar-refractivity contribution in [2.24, 2.45) is 0 Å². The third-order valence-corrected chi connectivity index (χ3v) is 4.82. The fourth-order valence-corrected chi connectivity index (χ4v) is 3.47. The van der Waals surface area contributed by atoms with Crippen LogP contribution in [0.1, 0.15) is 11.1 Å². The summed E-state index contributed by atoms with van der Waals surface area (Å²) in [5.41, 5.74) is 1.17. The second-order valence-electron chi connectivity index (χ2n) is 4.60. The van der Waals surface area contributed by atoms with E-state index >= 15 is 0 Å². The first-order valence-electron chi connectivity index (χ1n) is 6.15. The first-order chi connectivity index (χ1) is 9.87. The van der Waals surface area contributed by atoms with E-state index in [9.17, 15) is 13.2 Å². The summed E-state index contributed by atoms with van der Waals surface area (Å²) in [7, 11) is -3.48. The second-order valence-corrected chi connectivity index (χ2v) is 7.03. The molecule has 0 aliphatic rings. The van der Waals surface area contributed by atoms with Crippen LogP contribution in [0.2, 0.25) is 5.02 Å². The summed E-state index contributed by atoms with van der Waals surface area (Å²) in [5.74, 6) is -1.10. The van der Waals surface area contributed by atoms with Crippen LogP contribution >= 0.6 is 11.6 Å². The van der Waals surface area contributed by atoms with Crippen LogP contribution in [0.5, 0.6) is 0 Å². The largest absolute Gasteiger partial charge is 0.481 e. The van der Waals surface area contributed by atoms with E-state index in [4.69, 9.17) is 16.7 Å². The van der Waals surface area contributed by atoms with E-state index in [1.54, 1.807) is 24.3 Å². The lowest BCUT2D eigenvalue weighted by Crippen LogP contribution is -2.06. The zero-order valence-electron chi connectivity index (χ0n) is 11.0. The van der Waals surface area contributed by atoms with Gasteiger partial charge in [0.25, 0.3) is 0 Å².